The van der Waals surface area contributed by atoms with Gasteiger partial charge in [-0.2, -0.15) is 0 Å². The lowest BCUT2D eigenvalue weighted by Crippen LogP contribution is -2.55. The Balaban J connectivity index is 2.08. The van der Waals surface area contributed by atoms with Crippen LogP contribution < -0.4 is 10.6 Å². The molecular formula is C23H30N2O3S. The van der Waals surface area contributed by atoms with Gasteiger partial charge < -0.3 is 15.4 Å². The number of esters is 1. The summed E-state index contributed by atoms with van der Waals surface area (Å²) in [6, 6.07) is 5.74. The fourth-order valence-corrected chi connectivity index (χ4v) is 5.58. The summed E-state index contributed by atoms with van der Waals surface area (Å²) < 4.78 is 5.35. The summed E-state index contributed by atoms with van der Waals surface area (Å²) in [7, 11) is 0. The van der Waals surface area contributed by atoms with Gasteiger partial charge in [0, 0.05) is 21.5 Å². The van der Waals surface area contributed by atoms with Crippen LogP contribution in [0.25, 0.3) is 0 Å². The first-order valence-corrected chi connectivity index (χ1v) is 10.8. The molecule has 6 heteroatoms. The fourth-order valence-electron chi connectivity index (χ4n) is 4.32. The van der Waals surface area contributed by atoms with E-state index < -0.39 is 0 Å². The maximum Gasteiger partial charge on any atom is 0.341 e. The molecule has 1 amide bonds. The topological polar surface area (TPSA) is 67.4 Å². The zero-order chi connectivity index (χ0) is 21.6. The van der Waals surface area contributed by atoms with Gasteiger partial charge in [0.2, 0.25) is 0 Å². The van der Waals surface area contributed by atoms with Gasteiger partial charge in [0.25, 0.3) is 5.91 Å². The number of benzene rings is 1. The van der Waals surface area contributed by atoms with E-state index >= 15 is 0 Å². The van der Waals surface area contributed by atoms with Crippen LogP contribution in [0.4, 0.5) is 5.00 Å². The molecule has 5 nitrogen and oxygen atoms in total. The zero-order valence-electron chi connectivity index (χ0n) is 18.3. The molecule has 0 bridgehead atoms. The fraction of sp³-hybridized carbons (Fsp3) is 0.478. The highest BCUT2D eigenvalue weighted by molar-refractivity contribution is 7.17. The molecule has 156 valence electrons. The largest absolute Gasteiger partial charge is 0.462 e. The van der Waals surface area contributed by atoms with E-state index in [-0.39, 0.29) is 23.0 Å². The molecule has 0 fully saturated rings. The summed E-state index contributed by atoms with van der Waals surface area (Å²) in [6.07, 6.45) is 0.690. The van der Waals surface area contributed by atoms with Crippen molar-refractivity contribution in [2.45, 2.75) is 66.0 Å². The molecule has 2 heterocycles. The van der Waals surface area contributed by atoms with Gasteiger partial charge in [0.15, 0.2) is 0 Å². The van der Waals surface area contributed by atoms with Crippen molar-refractivity contribution in [2.75, 3.05) is 11.9 Å². The van der Waals surface area contributed by atoms with E-state index in [1.54, 1.807) is 6.92 Å². The molecule has 0 saturated carbocycles. The van der Waals surface area contributed by atoms with Crippen molar-refractivity contribution in [3.8, 4) is 0 Å². The molecule has 2 aromatic rings. The molecule has 0 radical (unpaired) electrons. The van der Waals surface area contributed by atoms with Crippen molar-refractivity contribution in [3.05, 3.63) is 50.9 Å². The minimum Gasteiger partial charge on any atom is -0.462 e. The van der Waals surface area contributed by atoms with E-state index in [2.05, 4.69) is 38.3 Å². The van der Waals surface area contributed by atoms with Crippen LogP contribution >= 0.6 is 11.3 Å². The van der Waals surface area contributed by atoms with Crippen LogP contribution in [-0.2, 0) is 16.7 Å². The SMILES string of the molecule is CCOC(=O)c1c(NC(=O)c2cc(C)cc(C)c2)sc2c1CC(C)(C)NC2(C)C. The Bertz CT molecular complexity index is 952. The summed E-state index contributed by atoms with van der Waals surface area (Å²) >= 11 is 1.46. The van der Waals surface area contributed by atoms with E-state index in [9.17, 15) is 9.59 Å². The van der Waals surface area contributed by atoms with Crippen molar-refractivity contribution < 1.29 is 14.3 Å². The predicted octanol–water partition coefficient (Wildman–Crippen LogP) is 4.95. The van der Waals surface area contributed by atoms with E-state index in [1.807, 2.05) is 32.0 Å². The van der Waals surface area contributed by atoms with Gasteiger partial charge in [-0.05, 0) is 72.6 Å². The Hall–Kier alpha value is -2.18. The molecule has 0 atom stereocenters. The standard InChI is InChI=1S/C23H30N2O3S/c1-8-28-21(27)17-16-12-22(4,5)25-23(6,7)18(16)29-20(17)24-19(26)15-10-13(2)9-14(3)11-15/h9-11,25H,8,12H2,1-7H3,(H,24,26). The Morgan fingerprint density at radius 3 is 2.34 bits per heavy atom. The first kappa shape index (κ1) is 21.5. The molecule has 0 spiro atoms. The van der Waals surface area contributed by atoms with E-state index in [0.29, 0.717) is 29.2 Å². The van der Waals surface area contributed by atoms with Gasteiger partial charge in [-0.3, -0.25) is 4.79 Å². The highest BCUT2D eigenvalue weighted by atomic mass is 32.1. The number of amides is 1. The molecule has 29 heavy (non-hydrogen) atoms. The summed E-state index contributed by atoms with van der Waals surface area (Å²) in [6.45, 7) is 14.5. The lowest BCUT2D eigenvalue weighted by molar-refractivity contribution is 0.0526. The second-order valence-electron chi connectivity index (χ2n) is 8.98. The summed E-state index contributed by atoms with van der Waals surface area (Å²) in [5.74, 6) is -0.597. The second-order valence-corrected chi connectivity index (χ2v) is 10.00. The number of hydrogen-bond donors (Lipinski definition) is 2. The van der Waals surface area contributed by atoms with Gasteiger partial charge in [0.05, 0.1) is 12.2 Å². The number of ether oxygens (including phenoxy) is 1. The van der Waals surface area contributed by atoms with Gasteiger partial charge in [0.1, 0.15) is 5.00 Å². The number of thiophene rings is 1. The lowest BCUT2D eigenvalue weighted by atomic mass is 9.81. The monoisotopic (exact) mass is 414 g/mol. The minimum absolute atomic E-state index is 0.173. The first-order chi connectivity index (χ1) is 13.4. The zero-order valence-corrected chi connectivity index (χ0v) is 19.1. The maximum atomic E-state index is 13.0. The van der Waals surface area contributed by atoms with Crippen LogP contribution in [0.15, 0.2) is 18.2 Å². The van der Waals surface area contributed by atoms with Gasteiger partial charge in [-0.15, -0.1) is 11.3 Å². The molecule has 0 aliphatic carbocycles. The number of anilines is 1. The Morgan fingerprint density at radius 2 is 1.76 bits per heavy atom. The first-order valence-electron chi connectivity index (χ1n) is 9.96. The number of rotatable bonds is 4. The van der Waals surface area contributed by atoms with Crippen LogP contribution in [-0.4, -0.2) is 24.0 Å². The predicted molar refractivity (Wildman–Crippen MR) is 118 cm³/mol. The highest BCUT2D eigenvalue weighted by Gasteiger charge is 2.42. The van der Waals surface area contributed by atoms with E-state index in [1.165, 1.54) is 11.3 Å². The number of carbonyl (C=O) groups excluding carboxylic acids is 2. The Morgan fingerprint density at radius 1 is 1.14 bits per heavy atom. The number of aryl methyl sites for hydroxylation is 2. The molecule has 3 rings (SSSR count). The van der Waals surface area contributed by atoms with Crippen molar-refractivity contribution in [2.24, 2.45) is 0 Å². The van der Waals surface area contributed by atoms with Crippen molar-refractivity contribution in [1.29, 1.82) is 0 Å². The summed E-state index contributed by atoms with van der Waals surface area (Å²) in [4.78, 5) is 26.9. The Labute approximate surface area is 176 Å². The highest BCUT2D eigenvalue weighted by Crippen LogP contribution is 2.45. The van der Waals surface area contributed by atoms with Gasteiger partial charge >= 0.3 is 5.97 Å². The maximum absolute atomic E-state index is 13.0. The quantitative estimate of drug-likeness (QED) is 0.695. The second kappa shape index (κ2) is 7.58. The average Bonchev–Trinajstić information content (AvgIpc) is 2.91. The average molecular weight is 415 g/mol. The minimum atomic E-state index is -0.380. The number of fused-ring (bicyclic) bond motifs is 1. The van der Waals surface area contributed by atoms with Gasteiger partial charge in [-0.1, -0.05) is 17.2 Å². The number of carbonyl (C=O) groups is 2. The van der Waals surface area contributed by atoms with Crippen LogP contribution in [0.5, 0.6) is 0 Å². The molecule has 0 unspecified atom stereocenters. The van der Waals surface area contributed by atoms with Crippen LogP contribution in [0.1, 0.15) is 76.9 Å². The van der Waals surface area contributed by atoms with Crippen molar-refractivity contribution >= 4 is 28.2 Å². The number of nitrogens with one attached hydrogen (secondary N) is 2. The third kappa shape index (κ3) is 4.38. The summed E-state index contributed by atoms with van der Waals surface area (Å²) in [5, 5.41) is 7.20. The third-order valence-electron chi connectivity index (χ3n) is 5.03. The lowest BCUT2D eigenvalue weighted by Gasteiger charge is -2.42. The van der Waals surface area contributed by atoms with E-state index in [0.717, 1.165) is 21.6 Å². The van der Waals surface area contributed by atoms with Crippen LogP contribution in [0.2, 0.25) is 0 Å². The molecular weight excluding hydrogens is 384 g/mol. The van der Waals surface area contributed by atoms with Gasteiger partial charge in [-0.25, -0.2) is 4.79 Å². The number of hydrogen-bond acceptors (Lipinski definition) is 5. The summed E-state index contributed by atoms with van der Waals surface area (Å²) in [5.41, 5.74) is 3.61. The molecule has 1 aliphatic heterocycles. The van der Waals surface area contributed by atoms with Crippen LogP contribution in [0, 0.1) is 13.8 Å². The Kier molecular flexibility index (Phi) is 5.62. The normalized spacial score (nSPS) is 16.8. The smallest absolute Gasteiger partial charge is 0.341 e. The third-order valence-corrected chi connectivity index (χ3v) is 6.51. The molecule has 1 aromatic heterocycles. The van der Waals surface area contributed by atoms with Crippen LogP contribution in [0.3, 0.4) is 0 Å². The molecule has 1 aromatic carbocycles. The molecule has 0 saturated heterocycles. The van der Waals surface area contributed by atoms with Crippen molar-refractivity contribution in [1.82, 2.24) is 5.32 Å². The van der Waals surface area contributed by atoms with Crippen molar-refractivity contribution in [3.63, 3.8) is 0 Å². The van der Waals surface area contributed by atoms with E-state index in [4.69, 9.17) is 4.74 Å². The molecule has 1 aliphatic rings. The molecule has 2 N–H and O–H groups in total.